The molecule has 0 bridgehead atoms. The highest BCUT2D eigenvalue weighted by molar-refractivity contribution is 7.92. The Morgan fingerprint density at radius 1 is 1.09 bits per heavy atom. The Hall–Kier alpha value is -3.37. The van der Waals surface area contributed by atoms with Gasteiger partial charge in [-0.05, 0) is 48.9 Å². The van der Waals surface area contributed by atoms with E-state index in [0.717, 1.165) is 22.9 Å². The molecule has 3 N–H and O–H groups in total. The van der Waals surface area contributed by atoms with Crippen LogP contribution in [0.4, 0.5) is 17.1 Å². The van der Waals surface area contributed by atoms with Gasteiger partial charge in [0.2, 0.25) is 15.6 Å². The monoisotopic (exact) mass is 456 g/mol. The molecule has 1 amide bonds. The zero-order valence-corrected chi connectivity index (χ0v) is 18.6. The van der Waals surface area contributed by atoms with E-state index < -0.39 is 15.9 Å². The lowest BCUT2D eigenvalue weighted by Crippen LogP contribution is -2.36. The molecule has 0 aliphatic carbocycles. The third-order valence-electron chi connectivity index (χ3n) is 5.23. The summed E-state index contributed by atoms with van der Waals surface area (Å²) >= 11 is 0. The number of aromatic nitrogens is 1. The molecule has 0 saturated carbocycles. The molecule has 0 atom stereocenters. The lowest BCUT2D eigenvalue weighted by molar-refractivity contribution is 0.102. The first-order valence-corrected chi connectivity index (χ1v) is 12.0. The molecule has 2 heterocycles. The van der Waals surface area contributed by atoms with E-state index >= 15 is 0 Å². The topological polar surface area (TPSA) is 121 Å². The van der Waals surface area contributed by atoms with Gasteiger partial charge in [-0.2, -0.15) is 0 Å². The number of anilines is 3. The number of aryl methyl sites for hydroxylation is 1. The molecule has 4 rings (SSSR count). The fourth-order valence-electron chi connectivity index (χ4n) is 3.73. The van der Waals surface area contributed by atoms with Gasteiger partial charge in [0, 0.05) is 41.4 Å². The smallest absolute Gasteiger partial charge is 0.257 e. The predicted molar refractivity (Wildman–Crippen MR) is 125 cm³/mol. The lowest BCUT2D eigenvalue weighted by atomic mass is 10.1. The Bertz CT molecular complexity index is 1340. The van der Waals surface area contributed by atoms with E-state index in [1.54, 1.807) is 36.4 Å². The van der Waals surface area contributed by atoms with Gasteiger partial charge < -0.3 is 19.9 Å². The molecule has 3 aromatic rings. The van der Waals surface area contributed by atoms with Crippen LogP contribution in [0.15, 0.2) is 47.3 Å². The minimum atomic E-state index is -3.58. The van der Waals surface area contributed by atoms with Crippen molar-refractivity contribution >= 4 is 43.9 Å². The number of benzene rings is 2. The van der Waals surface area contributed by atoms with Crippen molar-refractivity contribution in [3.8, 4) is 0 Å². The molecule has 0 spiro atoms. The first-order valence-electron chi connectivity index (χ1n) is 10.1. The number of sulfonamides is 1. The number of nitrogens with zero attached hydrogens (tertiary/aromatic N) is 1. The van der Waals surface area contributed by atoms with Gasteiger partial charge in [0.25, 0.3) is 5.91 Å². The van der Waals surface area contributed by atoms with Gasteiger partial charge in [-0.15, -0.1) is 0 Å². The highest BCUT2D eigenvalue weighted by Crippen LogP contribution is 2.27. The van der Waals surface area contributed by atoms with Crippen molar-refractivity contribution in [2.24, 2.45) is 0 Å². The minimum Gasteiger partial charge on any atom is -0.378 e. The average molecular weight is 457 g/mol. The second-order valence-corrected chi connectivity index (χ2v) is 9.48. The van der Waals surface area contributed by atoms with Gasteiger partial charge in [0.1, 0.15) is 0 Å². The quantitative estimate of drug-likeness (QED) is 0.542. The third-order valence-corrected chi connectivity index (χ3v) is 5.82. The van der Waals surface area contributed by atoms with Gasteiger partial charge in [0.15, 0.2) is 0 Å². The Morgan fingerprint density at radius 3 is 2.56 bits per heavy atom. The van der Waals surface area contributed by atoms with Crippen molar-refractivity contribution in [3.63, 3.8) is 0 Å². The number of carbonyl (C=O) groups excluding carboxylic acids is 1. The number of morpholine rings is 1. The van der Waals surface area contributed by atoms with Gasteiger partial charge in [-0.25, -0.2) is 8.42 Å². The van der Waals surface area contributed by atoms with Crippen molar-refractivity contribution in [2.45, 2.75) is 6.92 Å². The molecule has 10 heteroatoms. The average Bonchev–Trinajstić information content (AvgIpc) is 2.74. The Kier molecular flexibility index (Phi) is 5.90. The van der Waals surface area contributed by atoms with E-state index in [4.69, 9.17) is 4.74 Å². The van der Waals surface area contributed by atoms with E-state index in [0.29, 0.717) is 37.5 Å². The van der Waals surface area contributed by atoms with Crippen molar-refractivity contribution in [3.05, 3.63) is 63.9 Å². The normalized spacial score (nSPS) is 14.4. The van der Waals surface area contributed by atoms with E-state index in [1.165, 1.54) is 6.07 Å². The van der Waals surface area contributed by atoms with E-state index in [-0.39, 0.29) is 16.8 Å². The molecule has 2 aromatic carbocycles. The number of fused-ring (bicyclic) bond motifs is 1. The highest BCUT2D eigenvalue weighted by Gasteiger charge is 2.19. The van der Waals surface area contributed by atoms with Gasteiger partial charge in [-0.1, -0.05) is 0 Å². The third kappa shape index (κ3) is 4.92. The Balaban J connectivity index is 1.69. The van der Waals surface area contributed by atoms with Gasteiger partial charge in [0.05, 0.1) is 30.7 Å². The summed E-state index contributed by atoms with van der Waals surface area (Å²) in [6.07, 6.45) is 1.04. The van der Waals surface area contributed by atoms with Crippen molar-refractivity contribution in [2.75, 3.05) is 47.5 Å². The van der Waals surface area contributed by atoms with Crippen LogP contribution in [0.3, 0.4) is 0 Å². The summed E-state index contributed by atoms with van der Waals surface area (Å²) in [5.74, 6) is -0.451. The van der Waals surface area contributed by atoms with E-state index in [1.807, 2.05) is 6.92 Å². The van der Waals surface area contributed by atoms with Crippen molar-refractivity contribution < 1.29 is 17.9 Å². The summed E-state index contributed by atoms with van der Waals surface area (Å²) in [6.45, 7) is 4.36. The fraction of sp³-hybridized carbons (Fsp3) is 0.273. The zero-order chi connectivity index (χ0) is 22.9. The maximum absolute atomic E-state index is 13.2. The SMILES string of the molecule is Cc1cc(=O)[nH]c2ccc(NC(=O)c3cc(N4CCOCC4)ccc3NS(C)(=O)=O)cc12. The van der Waals surface area contributed by atoms with E-state index in [9.17, 15) is 18.0 Å². The van der Waals surface area contributed by atoms with Crippen LogP contribution in [-0.4, -0.2) is 51.9 Å². The first-order chi connectivity index (χ1) is 15.2. The molecule has 1 saturated heterocycles. The van der Waals surface area contributed by atoms with Gasteiger partial charge in [-0.3, -0.25) is 14.3 Å². The highest BCUT2D eigenvalue weighted by atomic mass is 32.2. The minimum absolute atomic E-state index is 0.191. The molecule has 1 aliphatic heterocycles. The second kappa shape index (κ2) is 8.64. The number of ether oxygens (including phenoxy) is 1. The Labute approximate surface area is 185 Å². The first kappa shape index (κ1) is 21.8. The molecule has 32 heavy (non-hydrogen) atoms. The molecule has 0 unspecified atom stereocenters. The van der Waals surface area contributed by atoms with Crippen LogP contribution < -0.4 is 20.5 Å². The predicted octanol–water partition coefficient (Wildman–Crippen LogP) is 2.30. The summed E-state index contributed by atoms with van der Waals surface area (Å²) in [5, 5.41) is 3.64. The number of nitrogens with one attached hydrogen (secondary N) is 3. The number of hydrogen-bond donors (Lipinski definition) is 3. The number of aromatic amines is 1. The lowest BCUT2D eigenvalue weighted by Gasteiger charge is -2.29. The van der Waals surface area contributed by atoms with Crippen LogP contribution in [0.2, 0.25) is 0 Å². The van der Waals surface area contributed by atoms with E-state index in [2.05, 4.69) is 19.9 Å². The van der Waals surface area contributed by atoms with Gasteiger partial charge >= 0.3 is 0 Å². The standard InChI is InChI=1S/C22H24N4O5S/c1-14-11-21(27)24-19-5-3-15(12-17(14)19)23-22(28)18-13-16(26-7-9-31-10-8-26)4-6-20(18)25-32(2,29)30/h3-6,11-13,25H,7-10H2,1-2H3,(H,23,28)(H,24,27). The maximum atomic E-state index is 13.2. The van der Waals surface area contributed by atoms with Crippen LogP contribution in [0.5, 0.6) is 0 Å². The molecule has 1 fully saturated rings. The molecule has 1 aliphatic rings. The number of pyridine rings is 1. The molecule has 168 valence electrons. The summed E-state index contributed by atoms with van der Waals surface area (Å²) < 4.78 is 31.5. The summed E-state index contributed by atoms with van der Waals surface area (Å²) in [7, 11) is -3.58. The molecular formula is C22H24N4O5S. The summed E-state index contributed by atoms with van der Waals surface area (Å²) in [4.78, 5) is 29.7. The maximum Gasteiger partial charge on any atom is 0.257 e. The van der Waals surface area contributed by atoms with Crippen molar-refractivity contribution in [1.29, 1.82) is 0 Å². The summed E-state index contributed by atoms with van der Waals surface area (Å²) in [5.41, 5.74) is 3.00. The molecule has 0 radical (unpaired) electrons. The fourth-order valence-corrected chi connectivity index (χ4v) is 4.30. The molecule has 1 aromatic heterocycles. The summed E-state index contributed by atoms with van der Waals surface area (Å²) in [6, 6.07) is 11.7. The second-order valence-electron chi connectivity index (χ2n) is 7.73. The molecular weight excluding hydrogens is 432 g/mol. The number of hydrogen-bond acceptors (Lipinski definition) is 6. The number of H-pyrrole nitrogens is 1. The number of carbonyl (C=O) groups is 1. The van der Waals surface area contributed by atoms with Crippen LogP contribution in [0, 0.1) is 6.92 Å². The number of rotatable bonds is 5. The molecule has 9 nitrogen and oxygen atoms in total. The zero-order valence-electron chi connectivity index (χ0n) is 17.8. The largest absolute Gasteiger partial charge is 0.378 e. The van der Waals surface area contributed by atoms with Crippen LogP contribution in [0.25, 0.3) is 10.9 Å². The van der Waals surface area contributed by atoms with Crippen LogP contribution in [0.1, 0.15) is 15.9 Å². The van der Waals surface area contributed by atoms with Crippen LogP contribution >= 0.6 is 0 Å². The number of amides is 1. The van der Waals surface area contributed by atoms with Crippen LogP contribution in [-0.2, 0) is 14.8 Å². The van der Waals surface area contributed by atoms with Crippen molar-refractivity contribution in [1.82, 2.24) is 4.98 Å². The Morgan fingerprint density at radius 2 is 1.84 bits per heavy atom.